The Labute approximate surface area is 199 Å². The lowest BCUT2D eigenvalue weighted by Gasteiger charge is -2.29. The van der Waals surface area contributed by atoms with Crippen LogP contribution in [0.5, 0.6) is 0 Å². The number of ether oxygens (including phenoxy) is 1. The summed E-state index contributed by atoms with van der Waals surface area (Å²) in [6.45, 7) is 2.80. The first-order valence-electron chi connectivity index (χ1n) is 11.3. The Balaban J connectivity index is 1.30. The number of anilines is 1. The summed E-state index contributed by atoms with van der Waals surface area (Å²) in [4.78, 5) is 21.9. The molecular formula is C24H22FN7O3. The highest BCUT2D eigenvalue weighted by Crippen LogP contribution is 2.43. The maximum absolute atomic E-state index is 14.3. The first-order valence-corrected chi connectivity index (χ1v) is 11.3. The van der Waals surface area contributed by atoms with Crippen LogP contribution in [0.15, 0.2) is 59.4 Å². The zero-order valence-corrected chi connectivity index (χ0v) is 18.8. The molecule has 0 bridgehead atoms. The molecule has 1 aromatic carbocycles. The van der Waals surface area contributed by atoms with E-state index in [4.69, 9.17) is 9.26 Å². The van der Waals surface area contributed by atoms with Crippen LogP contribution >= 0.6 is 0 Å². The standard InChI is InChI=1S/C24H22FN7O3/c1-24(8-10-27-22-20(24)35-22)23(33)29-19-6-9-26-21(28-19)17-12-18(16-7-11-34-31-16)32(30-17)13-14-4-2-3-5-15(14)25/h2-7,9,11-12,20,22,27H,8,10,13H2,1H3,(H,26,28,29,33). The van der Waals surface area contributed by atoms with Gasteiger partial charge in [-0.1, -0.05) is 23.4 Å². The van der Waals surface area contributed by atoms with E-state index in [1.165, 1.54) is 12.3 Å². The summed E-state index contributed by atoms with van der Waals surface area (Å²) in [7, 11) is 0. The number of carbonyl (C=O) groups is 1. The van der Waals surface area contributed by atoms with E-state index >= 15 is 0 Å². The molecule has 2 saturated heterocycles. The SMILES string of the molecule is CC1(C(=O)Nc2ccnc(-c3cc(-c4ccon4)n(Cc4ccccc4F)n3)n2)CCNC2OC21. The van der Waals surface area contributed by atoms with Crippen LogP contribution < -0.4 is 10.6 Å². The number of carbonyl (C=O) groups excluding carboxylic acids is 1. The Morgan fingerprint density at radius 3 is 3.00 bits per heavy atom. The third-order valence-electron chi connectivity index (χ3n) is 6.51. The van der Waals surface area contributed by atoms with E-state index in [0.29, 0.717) is 47.3 Å². The maximum atomic E-state index is 14.3. The molecule has 2 aliphatic rings. The number of hydrogen-bond donors (Lipinski definition) is 2. The van der Waals surface area contributed by atoms with Gasteiger partial charge in [-0.25, -0.2) is 14.4 Å². The first-order chi connectivity index (χ1) is 17.0. The topological polar surface area (TPSA) is 123 Å². The summed E-state index contributed by atoms with van der Waals surface area (Å²) in [5.41, 5.74) is 1.46. The number of hydrogen-bond acceptors (Lipinski definition) is 8. The van der Waals surface area contributed by atoms with Crippen molar-refractivity contribution in [2.24, 2.45) is 5.41 Å². The van der Waals surface area contributed by atoms with Crippen LogP contribution in [-0.2, 0) is 16.1 Å². The van der Waals surface area contributed by atoms with Gasteiger partial charge in [0.2, 0.25) is 5.91 Å². The fourth-order valence-electron chi connectivity index (χ4n) is 4.41. The molecule has 6 rings (SSSR count). The number of fused-ring (bicyclic) bond motifs is 1. The largest absolute Gasteiger partial charge is 0.364 e. The molecule has 35 heavy (non-hydrogen) atoms. The van der Waals surface area contributed by atoms with Gasteiger partial charge in [0.1, 0.15) is 41.6 Å². The minimum Gasteiger partial charge on any atom is -0.364 e. The Bertz CT molecular complexity index is 1390. The molecule has 2 fully saturated rings. The summed E-state index contributed by atoms with van der Waals surface area (Å²) in [6.07, 6.45) is 3.48. The quantitative estimate of drug-likeness (QED) is 0.408. The first kappa shape index (κ1) is 21.6. The van der Waals surface area contributed by atoms with Crippen LogP contribution in [0.2, 0.25) is 0 Å². The number of nitrogens with one attached hydrogen (secondary N) is 2. The highest BCUT2D eigenvalue weighted by Gasteiger charge is 2.58. The molecule has 0 spiro atoms. The molecule has 3 atom stereocenters. The second kappa shape index (κ2) is 8.36. The van der Waals surface area contributed by atoms with E-state index < -0.39 is 5.41 Å². The van der Waals surface area contributed by atoms with Crippen LogP contribution in [0, 0.1) is 11.2 Å². The smallest absolute Gasteiger partial charge is 0.234 e. The highest BCUT2D eigenvalue weighted by molar-refractivity contribution is 5.95. The van der Waals surface area contributed by atoms with E-state index in [1.54, 1.807) is 47.3 Å². The van der Waals surface area contributed by atoms with Crippen molar-refractivity contribution in [2.45, 2.75) is 32.2 Å². The molecule has 0 aliphatic carbocycles. The molecular weight excluding hydrogens is 453 g/mol. The molecule has 11 heteroatoms. The zero-order chi connectivity index (χ0) is 24.0. The minimum absolute atomic E-state index is 0.0613. The number of epoxide rings is 1. The van der Waals surface area contributed by atoms with Crippen molar-refractivity contribution in [2.75, 3.05) is 11.9 Å². The van der Waals surface area contributed by atoms with Gasteiger partial charge in [-0.05, 0) is 38.1 Å². The van der Waals surface area contributed by atoms with Crippen LogP contribution in [0.3, 0.4) is 0 Å². The number of halogens is 1. The Morgan fingerprint density at radius 2 is 2.17 bits per heavy atom. The molecule has 3 unspecified atom stereocenters. The summed E-state index contributed by atoms with van der Waals surface area (Å²) < 4.78 is 26.5. The molecule has 0 saturated carbocycles. The van der Waals surface area contributed by atoms with Gasteiger partial charge in [0.25, 0.3) is 0 Å². The van der Waals surface area contributed by atoms with Crippen LogP contribution in [0.25, 0.3) is 22.9 Å². The lowest BCUT2D eigenvalue weighted by molar-refractivity contribution is -0.126. The van der Waals surface area contributed by atoms with Gasteiger partial charge in [-0.3, -0.25) is 14.8 Å². The van der Waals surface area contributed by atoms with Gasteiger partial charge in [-0.2, -0.15) is 5.10 Å². The van der Waals surface area contributed by atoms with Crippen LogP contribution in [-0.4, -0.2) is 49.7 Å². The van der Waals surface area contributed by atoms with Crippen molar-refractivity contribution in [3.8, 4) is 22.9 Å². The molecule has 2 N–H and O–H groups in total. The fraction of sp³-hybridized carbons (Fsp3) is 0.292. The number of piperidine rings is 1. The maximum Gasteiger partial charge on any atom is 0.234 e. The molecule has 178 valence electrons. The molecule has 3 aromatic heterocycles. The normalized spacial score (nSPS) is 23.0. The van der Waals surface area contributed by atoms with E-state index in [-0.39, 0.29) is 30.6 Å². The van der Waals surface area contributed by atoms with Gasteiger partial charge in [-0.15, -0.1) is 0 Å². The predicted molar refractivity (Wildman–Crippen MR) is 122 cm³/mol. The predicted octanol–water partition coefficient (Wildman–Crippen LogP) is 2.85. The highest BCUT2D eigenvalue weighted by atomic mass is 19.1. The van der Waals surface area contributed by atoms with Crippen molar-refractivity contribution in [1.29, 1.82) is 0 Å². The fourth-order valence-corrected chi connectivity index (χ4v) is 4.41. The van der Waals surface area contributed by atoms with Gasteiger partial charge >= 0.3 is 0 Å². The van der Waals surface area contributed by atoms with E-state index in [2.05, 4.69) is 30.9 Å². The number of benzene rings is 1. The van der Waals surface area contributed by atoms with E-state index in [9.17, 15) is 9.18 Å². The van der Waals surface area contributed by atoms with Gasteiger partial charge in [0.05, 0.1) is 17.7 Å². The summed E-state index contributed by atoms with van der Waals surface area (Å²) >= 11 is 0. The lowest BCUT2D eigenvalue weighted by Crippen LogP contribution is -2.46. The van der Waals surface area contributed by atoms with E-state index in [0.717, 1.165) is 0 Å². The van der Waals surface area contributed by atoms with E-state index in [1.807, 2.05) is 6.92 Å². The number of aromatic nitrogens is 5. The molecule has 2 aliphatic heterocycles. The molecule has 10 nitrogen and oxygen atoms in total. The van der Waals surface area contributed by atoms with Crippen molar-refractivity contribution in [1.82, 2.24) is 30.2 Å². The molecule has 5 heterocycles. The van der Waals surface area contributed by atoms with Gasteiger partial charge in [0, 0.05) is 17.8 Å². The average molecular weight is 475 g/mol. The monoisotopic (exact) mass is 475 g/mol. The third kappa shape index (κ3) is 3.98. The molecule has 1 amide bonds. The number of rotatable bonds is 6. The minimum atomic E-state index is -0.636. The molecule has 0 radical (unpaired) electrons. The second-order valence-electron chi connectivity index (χ2n) is 8.87. The van der Waals surface area contributed by atoms with Crippen molar-refractivity contribution in [3.63, 3.8) is 0 Å². The van der Waals surface area contributed by atoms with Gasteiger partial charge < -0.3 is 14.6 Å². The summed E-state index contributed by atoms with van der Waals surface area (Å²) in [5, 5.41) is 14.8. The summed E-state index contributed by atoms with van der Waals surface area (Å²) in [5.74, 6) is 0.203. The molecule has 4 aromatic rings. The Kier molecular flexibility index (Phi) is 5.15. The summed E-state index contributed by atoms with van der Waals surface area (Å²) in [6, 6.07) is 11.6. The zero-order valence-electron chi connectivity index (χ0n) is 18.8. The van der Waals surface area contributed by atoms with Crippen molar-refractivity contribution < 1.29 is 18.4 Å². The average Bonchev–Trinajstić information content (AvgIpc) is 3.27. The van der Waals surface area contributed by atoms with Crippen LogP contribution in [0.4, 0.5) is 10.2 Å². The third-order valence-corrected chi connectivity index (χ3v) is 6.51. The Hall–Kier alpha value is -3.96. The van der Waals surface area contributed by atoms with Crippen LogP contribution in [0.1, 0.15) is 18.9 Å². The lowest BCUT2D eigenvalue weighted by atomic mass is 9.79. The van der Waals surface area contributed by atoms with Crippen molar-refractivity contribution in [3.05, 3.63) is 66.3 Å². The van der Waals surface area contributed by atoms with Gasteiger partial charge in [0.15, 0.2) is 5.82 Å². The second-order valence-corrected chi connectivity index (χ2v) is 8.87. The number of nitrogens with zero attached hydrogens (tertiary/aromatic N) is 5. The van der Waals surface area contributed by atoms with Crippen molar-refractivity contribution >= 4 is 11.7 Å². The number of amides is 1. The Morgan fingerprint density at radius 1 is 1.29 bits per heavy atom.